The van der Waals surface area contributed by atoms with Gasteiger partial charge in [-0.3, -0.25) is 10.1 Å². The number of non-ortho nitro benzene ring substituents is 1. The van der Waals surface area contributed by atoms with Crippen LogP contribution in [0.1, 0.15) is 23.3 Å². The molecule has 0 saturated carbocycles. The number of hydrogen-bond donors (Lipinski definition) is 0. The Balaban J connectivity index is 1.82. The second-order valence-electron chi connectivity index (χ2n) is 5.76. The maximum absolute atomic E-state index is 11.1. The van der Waals surface area contributed by atoms with Crippen molar-refractivity contribution in [2.75, 3.05) is 7.11 Å². The Kier molecular flexibility index (Phi) is 3.96. The van der Waals surface area contributed by atoms with Crippen LogP contribution in [0, 0.1) is 10.1 Å². The molecule has 4 rings (SSSR count). The van der Waals surface area contributed by atoms with E-state index in [4.69, 9.17) is 9.47 Å². The van der Waals surface area contributed by atoms with Crippen LogP contribution in [0.15, 0.2) is 24.5 Å². The molecule has 1 aliphatic carbocycles. The van der Waals surface area contributed by atoms with Crippen molar-refractivity contribution in [1.82, 2.24) is 9.97 Å². The van der Waals surface area contributed by atoms with Gasteiger partial charge in [-0.1, -0.05) is 0 Å². The first kappa shape index (κ1) is 15.8. The average molecular weight is 357 g/mol. The van der Waals surface area contributed by atoms with E-state index in [-0.39, 0.29) is 11.4 Å². The number of nitro benzene ring substituents is 1. The molecule has 0 N–H and O–H groups in total. The zero-order valence-electron chi connectivity index (χ0n) is 13.5. The van der Waals surface area contributed by atoms with E-state index in [0.29, 0.717) is 11.6 Å². The number of hydrogen-bond acceptors (Lipinski definition) is 7. The fourth-order valence-electron chi connectivity index (χ4n) is 3.10. The van der Waals surface area contributed by atoms with Crippen LogP contribution in [-0.2, 0) is 12.8 Å². The third-order valence-electron chi connectivity index (χ3n) is 4.28. The molecule has 3 aromatic rings. The molecule has 0 radical (unpaired) electrons. The molecule has 1 aliphatic rings. The van der Waals surface area contributed by atoms with Gasteiger partial charge in [-0.25, -0.2) is 9.97 Å². The number of aryl methyl sites for hydroxylation is 2. The monoisotopic (exact) mass is 357 g/mol. The van der Waals surface area contributed by atoms with Crippen LogP contribution in [0.5, 0.6) is 17.4 Å². The summed E-state index contributed by atoms with van der Waals surface area (Å²) in [5.74, 6) is 1.11. The minimum Gasteiger partial charge on any atom is -0.493 e. The van der Waals surface area contributed by atoms with Crippen molar-refractivity contribution in [1.29, 1.82) is 0 Å². The summed E-state index contributed by atoms with van der Waals surface area (Å²) < 4.78 is 11.2. The number of ether oxygens (including phenoxy) is 2. The van der Waals surface area contributed by atoms with E-state index in [2.05, 4.69) is 9.97 Å². The van der Waals surface area contributed by atoms with E-state index >= 15 is 0 Å². The van der Waals surface area contributed by atoms with Gasteiger partial charge in [-0.05, 0) is 37.3 Å². The van der Waals surface area contributed by atoms with Crippen LogP contribution in [0.3, 0.4) is 0 Å². The molecule has 0 amide bonds. The molecule has 25 heavy (non-hydrogen) atoms. The Morgan fingerprint density at radius 2 is 2.04 bits per heavy atom. The smallest absolute Gasteiger partial charge is 0.273 e. The molecular formula is C17H15N3O4S. The van der Waals surface area contributed by atoms with Crippen LogP contribution < -0.4 is 9.47 Å². The Bertz CT molecular complexity index is 970. The van der Waals surface area contributed by atoms with Gasteiger partial charge in [-0.15, -0.1) is 11.3 Å². The van der Waals surface area contributed by atoms with Crippen molar-refractivity contribution in [2.24, 2.45) is 0 Å². The van der Waals surface area contributed by atoms with Gasteiger partial charge in [0.05, 0.1) is 23.5 Å². The van der Waals surface area contributed by atoms with Gasteiger partial charge in [-0.2, -0.15) is 0 Å². The van der Waals surface area contributed by atoms with E-state index < -0.39 is 4.92 Å². The highest BCUT2D eigenvalue weighted by Crippen LogP contribution is 2.42. The van der Waals surface area contributed by atoms with Crippen LogP contribution in [0.2, 0.25) is 0 Å². The molecule has 8 heteroatoms. The number of thiophene rings is 1. The Morgan fingerprint density at radius 3 is 2.84 bits per heavy atom. The van der Waals surface area contributed by atoms with E-state index in [1.165, 1.54) is 48.5 Å². The zero-order valence-corrected chi connectivity index (χ0v) is 14.3. The summed E-state index contributed by atoms with van der Waals surface area (Å²) >= 11 is 1.67. The number of fused-ring (bicyclic) bond motifs is 3. The van der Waals surface area contributed by atoms with Gasteiger partial charge >= 0.3 is 0 Å². The summed E-state index contributed by atoms with van der Waals surface area (Å²) in [5, 5.41) is 12.0. The highest BCUT2D eigenvalue weighted by atomic mass is 32.1. The van der Waals surface area contributed by atoms with E-state index in [1.54, 1.807) is 11.3 Å². The summed E-state index contributed by atoms with van der Waals surface area (Å²) in [6, 6.07) is 4.26. The minimum atomic E-state index is -0.464. The molecule has 2 heterocycles. The van der Waals surface area contributed by atoms with Gasteiger partial charge in [0, 0.05) is 10.9 Å². The minimum absolute atomic E-state index is 0.0616. The molecule has 0 spiro atoms. The van der Waals surface area contributed by atoms with Crippen LogP contribution in [-0.4, -0.2) is 22.0 Å². The van der Waals surface area contributed by atoms with Crippen molar-refractivity contribution in [2.45, 2.75) is 25.7 Å². The van der Waals surface area contributed by atoms with Crippen LogP contribution >= 0.6 is 11.3 Å². The molecular weight excluding hydrogens is 342 g/mol. The summed E-state index contributed by atoms with van der Waals surface area (Å²) in [5.41, 5.74) is 1.18. The van der Waals surface area contributed by atoms with Gasteiger partial charge in [0.25, 0.3) is 5.69 Å². The van der Waals surface area contributed by atoms with E-state index in [9.17, 15) is 10.1 Å². The second kappa shape index (κ2) is 6.29. The normalized spacial score (nSPS) is 13.5. The highest BCUT2D eigenvalue weighted by molar-refractivity contribution is 7.18. The van der Waals surface area contributed by atoms with Gasteiger partial charge in [0.1, 0.15) is 11.2 Å². The molecule has 0 atom stereocenters. The van der Waals surface area contributed by atoms with Crippen molar-refractivity contribution in [3.63, 3.8) is 0 Å². The first-order valence-corrected chi connectivity index (χ1v) is 8.74. The fraction of sp³-hybridized carbons (Fsp3) is 0.294. The maximum atomic E-state index is 11.1. The number of aromatic nitrogens is 2. The molecule has 0 saturated heterocycles. The van der Waals surface area contributed by atoms with Crippen molar-refractivity contribution >= 4 is 27.2 Å². The summed E-state index contributed by atoms with van der Waals surface area (Å²) in [7, 11) is 1.50. The number of methoxy groups -OCH3 is 1. The van der Waals surface area contributed by atoms with E-state index in [0.717, 1.165) is 29.5 Å². The SMILES string of the molecule is COc1ccc([N+](=O)[O-])cc1Oc1ncnc2sc3c(c12)CCCC3. The lowest BCUT2D eigenvalue weighted by atomic mass is 9.97. The maximum Gasteiger partial charge on any atom is 0.273 e. The predicted octanol–water partition coefficient (Wildman–Crippen LogP) is 4.28. The molecule has 0 aliphatic heterocycles. The Hall–Kier alpha value is -2.74. The number of nitro groups is 1. The molecule has 1 aromatic carbocycles. The van der Waals surface area contributed by atoms with Gasteiger partial charge in [0.15, 0.2) is 11.5 Å². The van der Waals surface area contributed by atoms with Crippen molar-refractivity contribution in [3.8, 4) is 17.4 Å². The third-order valence-corrected chi connectivity index (χ3v) is 5.48. The lowest BCUT2D eigenvalue weighted by Crippen LogP contribution is -2.00. The third kappa shape index (κ3) is 2.78. The summed E-state index contributed by atoms with van der Waals surface area (Å²) in [6.45, 7) is 0. The van der Waals surface area contributed by atoms with Crippen LogP contribution in [0.25, 0.3) is 10.2 Å². The first-order valence-electron chi connectivity index (χ1n) is 7.93. The lowest BCUT2D eigenvalue weighted by Gasteiger charge is -2.13. The quantitative estimate of drug-likeness (QED) is 0.511. The zero-order chi connectivity index (χ0) is 17.4. The molecule has 0 bridgehead atoms. The second-order valence-corrected chi connectivity index (χ2v) is 6.85. The lowest BCUT2D eigenvalue weighted by molar-refractivity contribution is -0.384. The van der Waals surface area contributed by atoms with E-state index in [1.807, 2.05) is 0 Å². The summed E-state index contributed by atoms with van der Waals surface area (Å²) in [6.07, 6.45) is 5.81. The molecule has 0 unspecified atom stereocenters. The number of rotatable bonds is 4. The first-order chi connectivity index (χ1) is 12.2. The number of benzene rings is 1. The highest BCUT2D eigenvalue weighted by Gasteiger charge is 2.22. The standard InChI is InChI=1S/C17H15N3O4S/c1-23-12-7-6-10(20(21)22)8-13(12)24-16-15-11-4-2-3-5-14(11)25-17(15)19-9-18-16/h6-9H,2-5H2,1H3. The molecule has 128 valence electrons. The molecule has 2 aromatic heterocycles. The predicted molar refractivity (Wildman–Crippen MR) is 93.8 cm³/mol. The van der Waals surface area contributed by atoms with Crippen LogP contribution in [0.4, 0.5) is 5.69 Å². The number of nitrogens with zero attached hydrogens (tertiary/aromatic N) is 3. The average Bonchev–Trinajstić information content (AvgIpc) is 3.01. The Labute approximate surface area is 147 Å². The molecule has 0 fully saturated rings. The largest absolute Gasteiger partial charge is 0.493 e. The molecule has 7 nitrogen and oxygen atoms in total. The van der Waals surface area contributed by atoms with Crippen molar-refractivity contribution < 1.29 is 14.4 Å². The van der Waals surface area contributed by atoms with Crippen molar-refractivity contribution in [3.05, 3.63) is 45.1 Å². The fourth-order valence-corrected chi connectivity index (χ4v) is 4.32. The van der Waals surface area contributed by atoms with Gasteiger partial charge < -0.3 is 9.47 Å². The topological polar surface area (TPSA) is 87.4 Å². The Morgan fingerprint density at radius 1 is 1.20 bits per heavy atom. The van der Waals surface area contributed by atoms with Gasteiger partial charge in [0.2, 0.25) is 5.88 Å². The summed E-state index contributed by atoms with van der Waals surface area (Å²) in [4.78, 5) is 21.5.